The Balaban J connectivity index is 3.05. The van der Waals surface area contributed by atoms with Crippen molar-refractivity contribution in [2.75, 3.05) is 13.7 Å². The van der Waals surface area contributed by atoms with Crippen LogP contribution in [0.5, 0.6) is 0 Å². The zero-order valence-corrected chi connectivity index (χ0v) is 14.0. The molecule has 1 N–H and O–H groups in total. The number of nitrogens with one attached hydrogen (secondary N) is 1. The highest BCUT2D eigenvalue weighted by Crippen LogP contribution is 2.29. The van der Waals surface area contributed by atoms with E-state index in [2.05, 4.69) is 51.8 Å². The summed E-state index contributed by atoms with van der Waals surface area (Å²) in [7, 11) is 1.79. The van der Waals surface area contributed by atoms with Crippen LogP contribution in [0.25, 0.3) is 0 Å². The van der Waals surface area contributed by atoms with Crippen molar-refractivity contribution in [2.45, 2.75) is 58.7 Å². The van der Waals surface area contributed by atoms with Crippen LogP contribution in [0.15, 0.2) is 10.7 Å². The second-order valence-electron chi connectivity index (χ2n) is 4.70. The Morgan fingerprint density at radius 3 is 2.63 bits per heavy atom. The second-order valence-corrected chi connectivity index (χ2v) is 5.55. The average molecular weight is 332 g/mol. The van der Waals surface area contributed by atoms with Gasteiger partial charge in [-0.15, -0.1) is 0 Å². The van der Waals surface area contributed by atoms with E-state index in [0.29, 0.717) is 0 Å². The summed E-state index contributed by atoms with van der Waals surface area (Å²) >= 11 is 3.63. The first-order chi connectivity index (χ1) is 9.19. The number of nitrogens with zero attached hydrogens (tertiary/aromatic N) is 2. The van der Waals surface area contributed by atoms with Crippen molar-refractivity contribution in [2.24, 2.45) is 0 Å². The lowest BCUT2D eigenvalue weighted by Gasteiger charge is -2.27. The number of ether oxygens (including phenoxy) is 1. The summed E-state index contributed by atoms with van der Waals surface area (Å²) in [6, 6.07) is 0.179. The van der Waals surface area contributed by atoms with Gasteiger partial charge >= 0.3 is 0 Å². The molecule has 110 valence electrons. The quantitative estimate of drug-likeness (QED) is 0.752. The average Bonchev–Trinajstić information content (AvgIpc) is 2.75. The van der Waals surface area contributed by atoms with Crippen LogP contribution in [0.2, 0.25) is 0 Å². The molecule has 0 saturated heterocycles. The largest absolute Gasteiger partial charge is 0.379 e. The molecule has 5 heteroatoms. The molecule has 0 bridgehead atoms. The van der Waals surface area contributed by atoms with Crippen molar-refractivity contribution in [3.8, 4) is 0 Å². The summed E-state index contributed by atoms with van der Waals surface area (Å²) in [5, 5.41) is 8.00. The van der Waals surface area contributed by atoms with Gasteiger partial charge in [0.2, 0.25) is 0 Å². The zero-order chi connectivity index (χ0) is 14.3. The smallest absolute Gasteiger partial charge is 0.0781 e. The molecule has 2 atom stereocenters. The third-order valence-corrected chi connectivity index (χ3v) is 3.85. The van der Waals surface area contributed by atoms with Gasteiger partial charge in [0.1, 0.15) is 0 Å². The molecule has 1 heterocycles. The Kier molecular flexibility index (Phi) is 7.64. The molecule has 0 saturated carbocycles. The van der Waals surface area contributed by atoms with E-state index in [-0.39, 0.29) is 12.1 Å². The first-order valence-electron chi connectivity index (χ1n) is 7.16. The molecule has 0 aliphatic rings. The highest BCUT2D eigenvalue weighted by molar-refractivity contribution is 9.10. The Morgan fingerprint density at radius 2 is 2.11 bits per heavy atom. The van der Waals surface area contributed by atoms with Crippen molar-refractivity contribution < 1.29 is 4.74 Å². The van der Waals surface area contributed by atoms with E-state index in [9.17, 15) is 0 Å². The third-order valence-electron chi connectivity index (χ3n) is 3.24. The molecule has 1 aromatic heterocycles. The number of aromatic nitrogens is 2. The molecular weight excluding hydrogens is 306 g/mol. The standard InChI is InChI=1S/C14H26BrN3O/c1-5-8-12(19-4)13(16-7-3)14-11(15)10-17-18(14)9-6-2/h10,12-13,16H,5-9H2,1-4H3. The fraction of sp³-hybridized carbons (Fsp3) is 0.786. The van der Waals surface area contributed by atoms with Gasteiger partial charge in [-0.1, -0.05) is 27.2 Å². The van der Waals surface area contributed by atoms with Crippen molar-refractivity contribution in [1.29, 1.82) is 0 Å². The molecule has 0 aliphatic heterocycles. The topological polar surface area (TPSA) is 39.1 Å². The molecule has 0 spiro atoms. The van der Waals surface area contributed by atoms with Crippen LogP contribution in [0, 0.1) is 0 Å². The van der Waals surface area contributed by atoms with Crippen LogP contribution < -0.4 is 5.32 Å². The van der Waals surface area contributed by atoms with Crippen LogP contribution in [-0.4, -0.2) is 29.5 Å². The molecule has 0 aliphatic carbocycles. The van der Waals surface area contributed by atoms with Crippen molar-refractivity contribution in [3.05, 3.63) is 16.4 Å². The number of hydrogen-bond acceptors (Lipinski definition) is 3. The third kappa shape index (κ3) is 4.29. The molecule has 1 aromatic rings. The van der Waals surface area contributed by atoms with Crippen molar-refractivity contribution in [3.63, 3.8) is 0 Å². The summed E-state index contributed by atoms with van der Waals surface area (Å²) in [5.74, 6) is 0. The summed E-state index contributed by atoms with van der Waals surface area (Å²) in [6.07, 6.45) is 5.28. The molecule has 0 radical (unpaired) electrons. The fourth-order valence-corrected chi connectivity index (χ4v) is 2.94. The maximum Gasteiger partial charge on any atom is 0.0781 e. The fourth-order valence-electron chi connectivity index (χ4n) is 2.40. The maximum atomic E-state index is 5.69. The Labute approximate surface area is 125 Å². The second kappa shape index (κ2) is 8.72. The van der Waals surface area contributed by atoms with Crippen LogP contribution in [-0.2, 0) is 11.3 Å². The highest BCUT2D eigenvalue weighted by Gasteiger charge is 2.27. The zero-order valence-electron chi connectivity index (χ0n) is 12.4. The Morgan fingerprint density at radius 1 is 1.37 bits per heavy atom. The number of hydrogen-bond donors (Lipinski definition) is 1. The van der Waals surface area contributed by atoms with Gasteiger partial charge in [-0.2, -0.15) is 5.10 Å². The van der Waals surface area contributed by atoms with E-state index in [1.54, 1.807) is 7.11 Å². The minimum Gasteiger partial charge on any atom is -0.379 e. The lowest BCUT2D eigenvalue weighted by molar-refractivity contribution is 0.0580. The van der Waals surface area contributed by atoms with Gasteiger partial charge in [-0.3, -0.25) is 4.68 Å². The highest BCUT2D eigenvalue weighted by atomic mass is 79.9. The van der Waals surface area contributed by atoms with Crippen LogP contribution in [0.3, 0.4) is 0 Å². The summed E-state index contributed by atoms with van der Waals surface area (Å²) < 4.78 is 8.84. The van der Waals surface area contributed by atoms with Gasteiger partial charge in [0.15, 0.2) is 0 Å². The Bertz CT molecular complexity index is 368. The first kappa shape index (κ1) is 16.7. The van der Waals surface area contributed by atoms with E-state index >= 15 is 0 Å². The van der Waals surface area contributed by atoms with Gasteiger partial charge in [0, 0.05) is 13.7 Å². The maximum absolute atomic E-state index is 5.69. The van der Waals surface area contributed by atoms with Gasteiger partial charge < -0.3 is 10.1 Å². The normalized spacial score (nSPS) is 14.6. The van der Waals surface area contributed by atoms with Gasteiger partial charge in [-0.05, 0) is 35.3 Å². The van der Waals surface area contributed by atoms with Crippen molar-refractivity contribution >= 4 is 15.9 Å². The van der Waals surface area contributed by atoms with Crippen molar-refractivity contribution in [1.82, 2.24) is 15.1 Å². The van der Waals surface area contributed by atoms with E-state index in [1.807, 2.05) is 6.20 Å². The lowest BCUT2D eigenvalue weighted by Crippen LogP contribution is -2.35. The monoisotopic (exact) mass is 331 g/mol. The molecule has 19 heavy (non-hydrogen) atoms. The van der Waals surface area contributed by atoms with Crippen LogP contribution in [0.1, 0.15) is 51.8 Å². The molecule has 0 fully saturated rings. The van der Waals surface area contributed by atoms with E-state index < -0.39 is 0 Å². The summed E-state index contributed by atoms with van der Waals surface area (Å²) in [5.41, 5.74) is 1.20. The molecule has 0 aromatic carbocycles. The van der Waals surface area contributed by atoms with Crippen LogP contribution in [0.4, 0.5) is 0 Å². The first-order valence-corrected chi connectivity index (χ1v) is 7.96. The van der Waals surface area contributed by atoms with Crippen LogP contribution >= 0.6 is 15.9 Å². The number of rotatable bonds is 9. The number of aryl methyl sites for hydroxylation is 1. The van der Waals surface area contributed by atoms with Gasteiger partial charge in [0.25, 0.3) is 0 Å². The SMILES string of the molecule is CCCC(OC)C(NCC)c1c(Br)cnn1CCC. The molecule has 2 unspecified atom stereocenters. The number of halogens is 1. The van der Waals surface area contributed by atoms with Gasteiger partial charge in [-0.25, -0.2) is 0 Å². The van der Waals surface area contributed by atoms with E-state index in [0.717, 1.165) is 36.8 Å². The number of methoxy groups -OCH3 is 1. The molecule has 4 nitrogen and oxygen atoms in total. The Hall–Kier alpha value is -0.390. The lowest BCUT2D eigenvalue weighted by atomic mass is 10.0. The minimum absolute atomic E-state index is 0.175. The van der Waals surface area contributed by atoms with E-state index in [1.165, 1.54) is 5.69 Å². The number of likely N-dealkylation sites (N-methyl/N-ethyl adjacent to an activating group) is 1. The minimum atomic E-state index is 0.175. The molecule has 0 amide bonds. The van der Waals surface area contributed by atoms with E-state index in [4.69, 9.17) is 4.74 Å². The predicted octanol–water partition coefficient (Wildman–Crippen LogP) is 3.52. The van der Waals surface area contributed by atoms with Gasteiger partial charge in [0.05, 0.1) is 28.5 Å². The summed E-state index contributed by atoms with van der Waals surface area (Å²) in [6.45, 7) is 8.33. The summed E-state index contributed by atoms with van der Waals surface area (Å²) in [4.78, 5) is 0. The predicted molar refractivity (Wildman–Crippen MR) is 82.3 cm³/mol. The molecular formula is C14H26BrN3O. The molecule has 1 rings (SSSR count).